The van der Waals surface area contributed by atoms with Crippen LogP contribution in [0.3, 0.4) is 0 Å². The quantitative estimate of drug-likeness (QED) is 0.900. The molecule has 1 atom stereocenters. The molecule has 1 unspecified atom stereocenters. The van der Waals surface area contributed by atoms with Crippen LogP contribution in [-0.2, 0) is 0 Å². The van der Waals surface area contributed by atoms with Crippen molar-refractivity contribution in [3.63, 3.8) is 0 Å². The maximum absolute atomic E-state index is 9.39. The summed E-state index contributed by atoms with van der Waals surface area (Å²) in [4.78, 5) is 0. The number of furan rings is 1. The molecular formula is C13H13BrO2. The van der Waals surface area contributed by atoms with E-state index < -0.39 is 6.10 Å². The van der Waals surface area contributed by atoms with Crippen LogP contribution in [0.4, 0.5) is 0 Å². The van der Waals surface area contributed by atoms with E-state index in [1.807, 2.05) is 25.1 Å². The van der Waals surface area contributed by atoms with E-state index in [0.29, 0.717) is 5.76 Å². The van der Waals surface area contributed by atoms with Gasteiger partial charge in [0.15, 0.2) is 0 Å². The molecule has 1 N–H and O–H groups in total. The smallest absolute Gasteiger partial charge is 0.134 e. The Balaban J connectivity index is 2.42. The largest absolute Gasteiger partial charge is 0.458 e. The van der Waals surface area contributed by atoms with Crippen molar-refractivity contribution < 1.29 is 9.52 Å². The standard InChI is InChI=1S/C13H13BrO2/c1-8-5-10(7-11(14)6-8)13-4-3-12(16-13)9(2)15/h3-7,9,15H,1-2H3. The molecule has 0 aliphatic carbocycles. The Hall–Kier alpha value is -1.06. The van der Waals surface area contributed by atoms with Gasteiger partial charge in [-0.3, -0.25) is 0 Å². The normalized spacial score (nSPS) is 12.8. The first-order valence-corrected chi connectivity index (χ1v) is 5.91. The molecule has 1 aromatic heterocycles. The van der Waals surface area contributed by atoms with Gasteiger partial charge < -0.3 is 9.52 Å². The Morgan fingerprint density at radius 3 is 2.56 bits per heavy atom. The fraction of sp³-hybridized carbons (Fsp3) is 0.231. The van der Waals surface area contributed by atoms with Crippen LogP contribution in [-0.4, -0.2) is 5.11 Å². The van der Waals surface area contributed by atoms with E-state index in [1.54, 1.807) is 13.0 Å². The molecule has 1 heterocycles. The van der Waals surface area contributed by atoms with Crippen molar-refractivity contribution in [3.8, 4) is 11.3 Å². The first-order chi connectivity index (χ1) is 7.56. The summed E-state index contributed by atoms with van der Waals surface area (Å²) in [5, 5.41) is 9.39. The van der Waals surface area contributed by atoms with Gasteiger partial charge in [0.2, 0.25) is 0 Å². The average molecular weight is 281 g/mol. The zero-order valence-corrected chi connectivity index (χ0v) is 10.8. The molecule has 2 nitrogen and oxygen atoms in total. The number of aliphatic hydroxyl groups excluding tert-OH is 1. The Morgan fingerprint density at radius 1 is 1.25 bits per heavy atom. The third kappa shape index (κ3) is 2.36. The minimum absolute atomic E-state index is 0.568. The third-order valence-corrected chi connectivity index (χ3v) is 2.82. The van der Waals surface area contributed by atoms with E-state index in [9.17, 15) is 5.11 Å². The molecule has 0 radical (unpaired) electrons. The SMILES string of the molecule is Cc1cc(Br)cc(-c2ccc(C(C)O)o2)c1. The van der Waals surface area contributed by atoms with Gasteiger partial charge in [-0.1, -0.05) is 15.9 Å². The molecule has 2 rings (SSSR count). The second kappa shape index (κ2) is 4.44. The van der Waals surface area contributed by atoms with Crippen molar-refractivity contribution in [3.05, 3.63) is 46.1 Å². The lowest BCUT2D eigenvalue weighted by Crippen LogP contribution is -1.85. The lowest BCUT2D eigenvalue weighted by Gasteiger charge is -2.02. The molecule has 0 saturated carbocycles. The summed E-state index contributed by atoms with van der Waals surface area (Å²) >= 11 is 3.45. The number of aryl methyl sites for hydroxylation is 1. The van der Waals surface area contributed by atoms with Crippen molar-refractivity contribution in [1.29, 1.82) is 0 Å². The topological polar surface area (TPSA) is 33.4 Å². The molecule has 0 bridgehead atoms. The summed E-state index contributed by atoms with van der Waals surface area (Å²) in [5.74, 6) is 1.37. The highest BCUT2D eigenvalue weighted by Crippen LogP contribution is 2.28. The summed E-state index contributed by atoms with van der Waals surface area (Å²) in [6, 6.07) is 9.77. The van der Waals surface area contributed by atoms with Crippen molar-refractivity contribution >= 4 is 15.9 Å². The molecule has 0 spiro atoms. The number of aliphatic hydroxyl groups is 1. The van der Waals surface area contributed by atoms with Crippen LogP contribution in [0.25, 0.3) is 11.3 Å². The van der Waals surface area contributed by atoms with Crippen molar-refractivity contribution in [2.24, 2.45) is 0 Å². The lowest BCUT2D eigenvalue weighted by molar-refractivity contribution is 0.170. The summed E-state index contributed by atoms with van der Waals surface area (Å²) in [6.07, 6.45) is -0.568. The molecule has 16 heavy (non-hydrogen) atoms. The first-order valence-electron chi connectivity index (χ1n) is 5.11. The van der Waals surface area contributed by atoms with Crippen LogP contribution in [0.2, 0.25) is 0 Å². The second-order valence-electron chi connectivity index (χ2n) is 3.90. The van der Waals surface area contributed by atoms with Gasteiger partial charge in [-0.05, 0) is 49.7 Å². The summed E-state index contributed by atoms with van der Waals surface area (Å²) < 4.78 is 6.60. The maximum Gasteiger partial charge on any atom is 0.134 e. The van der Waals surface area contributed by atoms with E-state index in [2.05, 4.69) is 22.0 Å². The summed E-state index contributed by atoms with van der Waals surface area (Å²) in [5.41, 5.74) is 2.18. The molecule has 84 valence electrons. The van der Waals surface area contributed by atoms with Crippen LogP contribution < -0.4 is 0 Å². The van der Waals surface area contributed by atoms with Gasteiger partial charge in [-0.25, -0.2) is 0 Å². The molecule has 0 amide bonds. The highest BCUT2D eigenvalue weighted by atomic mass is 79.9. The number of rotatable bonds is 2. The molecule has 0 aliphatic rings. The minimum Gasteiger partial charge on any atom is -0.458 e. The molecule has 3 heteroatoms. The van der Waals surface area contributed by atoms with Crippen molar-refractivity contribution in [2.45, 2.75) is 20.0 Å². The van der Waals surface area contributed by atoms with Gasteiger partial charge in [0.25, 0.3) is 0 Å². The Labute approximate surface area is 103 Å². The predicted molar refractivity (Wildman–Crippen MR) is 67.2 cm³/mol. The molecule has 0 aliphatic heterocycles. The summed E-state index contributed by atoms with van der Waals surface area (Å²) in [6.45, 7) is 3.72. The van der Waals surface area contributed by atoms with Gasteiger partial charge in [-0.2, -0.15) is 0 Å². The lowest BCUT2D eigenvalue weighted by atomic mass is 10.1. The van der Waals surface area contributed by atoms with Gasteiger partial charge >= 0.3 is 0 Å². The van der Waals surface area contributed by atoms with E-state index in [4.69, 9.17) is 4.42 Å². The first kappa shape index (κ1) is 11.4. The Bertz CT molecular complexity index is 480. The van der Waals surface area contributed by atoms with Crippen molar-refractivity contribution in [2.75, 3.05) is 0 Å². The van der Waals surface area contributed by atoms with Gasteiger partial charge in [0.1, 0.15) is 17.6 Å². The van der Waals surface area contributed by atoms with E-state index in [-0.39, 0.29) is 0 Å². The second-order valence-corrected chi connectivity index (χ2v) is 4.81. The number of halogens is 1. The van der Waals surface area contributed by atoms with Gasteiger partial charge in [0, 0.05) is 10.0 Å². The fourth-order valence-electron chi connectivity index (χ4n) is 1.61. The third-order valence-electron chi connectivity index (χ3n) is 2.37. The van der Waals surface area contributed by atoms with Gasteiger partial charge in [-0.15, -0.1) is 0 Å². The Kier molecular flexibility index (Phi) is 3.17. The zero-order chi connectivity index (χ0) is 11.7. The predicted octanol–water partition coefficient (Wildman–Crippen LogP) is 4.07. The van der Waals surface area contributed by atoms with Crippen LogP contribution in [0.5, 0.6) is 0 Å². The monoisotopic (exact) mass is 280 g/mol. The van der Waals surface area contributed by atoms with Crippen LogP contribution >= 0.6 is 15.9 Å². The van der Waals surface area contributed by atoms with Crippen LogP contribution in [0.1, 0.15) is 24.4 Å². The number of hydrogen-bond donors (Lipinski definition) is 1. The fourth-order valence-corrected chi connectivity index (χ4v) is 2.22. The average Bonchev–Trinajstić information content (AvgIpc) is 2.64. The van der Waals surface area contributed by atoms with E-state index >= 15 is 0 Å². The van der Waals surface area contributed by atoms with E-state index in [0.717, 1.165) is 15.8 Å². The Morgan fingerprint density at radius 2 is 2.00 bits per heavy atom. The molecule has 1 aromatic carbocycles. The zero-order valence-electron chi connectivity index (χ0n) is 9.20. The van der Waals surface area contributed by atoms with Crippen LogP contribution in [0, 0.1) is 6.92 Å². The van der Waals surface area contributed by atoms with Gasteiger partial charge in [0.05, 0.1) is 0 Å². The summed E-state index contributed by atoms with van der Waals surface area (Å²) in [7, 11) is 0. The molecular weight excluding hydrogens is 268 g/mol. The maximum atomic E-state index is 9.39. The number of hydrogen-bond acceptors (Lipinski definition) is 2. The molecule has 0 fully saturated rings. The molecule has 0 saturated heterocycles. The molecule has 2 aromatic rings. The highest BCUT2D eigenvalue weighted by Gasteiger charge is 2.09. The van der Waals surface area contributed by atoms with E-state index in [1.165, 1.54) is 5.56 Å². The minimum atomic E-state index is -0.568. The van der Waals surface area contributed by atoms with Crippen molar-refractivity contribution in [1.82, 2.24) is 0 Å². The number of benzene rings is 1. The highest BCUT2D eigenvalue weighted by molar-refractivity contribution is 9.10. The van der Waals surface area contributed by atoms with Crippen LogP contribution in [0.15, 0.2) is 39.2 Å².